The molecule has 1 amide bonds. The molecule has 0 spiro atoms. The Morgan fingerprint density at radius 3 is 2.53 bits per heavy atom. The first-order valence-electron chi connectivity index (χ1n) is 11.0. The Morgan fingerprint density at radius 2 is 1.78 bits per heavy atom. The van der Waals surface area contributed by atoms with Crippen molar-refractivity contribution in [2.24, 2.45) is 0 Å². The molecule has 7 nitrogen and oxygen atoms in total. The Labute approximate surface area is 188 Å². The van der Waals surface area contributed by atoms with Crippen molar-refractivity contribution >= 4 is 11.7 Å². The SMILES string of the molecule is CC(CCc1ccccc1)NC(=O)c1ccc(Oc2nccnc2N2CCOCC2)cc1. The van der Waals surface area contributed by atoms with Gasteiger partial charge in [0.1, 0.15) is 5.75 Å². The molecule has 32 heavy (non-hydrogen) atoms. The first kappa shape index (κ1) is 21.8. The summed E-state index contributed by atoms with van der Waals surface area (Å²) in [5.74, 6) is 1.66. The van der Waals surface area contributed by atoms with Gasteiger partial charge in [0.05, 0.1) is 13.2 Å². The van der Waals surface area contributed by atoms with E-state index in [4.69, 9.17) is 9.47 Å². The van der Waals surface area contributed by atoms with E-state index in [0.717, 1.165) is 25.9 Å². The molecule has 1 aliphatic heterocycles. The fraction of sp³-hybridized carbons (Fsp3) is 0.320. The molecule has 0 radical (unpaired) electrons. The lowest BCUT2D eigenvalue weighted by Crippen LogP contribution is -2.37. The number of aromatic nitrogens is 2. The highest BCUT2D eigenvalue weighted by Crippen LogP contribution is 2.28. The first-order valence-corrected chi connectivity index (χ1v) is 11.0. The van der Waals surface area contributed by atoms with Gasteiger partial charge in [-0.05, 0) is 49.6 Å². The molecule has 0 saturated carbocycles. The Morgan fingerprint density at radius 1 is 1.06 bits per heavy atom. The summed E-state index contributed by atoms with van der Waals surface area (Å²) in [6, 6.07) is 17.5. The van der Waals surface area contributed by atoms with E-state index in [1.165, 1.54) is 5.56 Å². The topological polar surface area (TPSA) is 76.6 Å². The van der Waals surface area contributed by atoms with Crippen molar-refractivity contribution in [3.05, 3.63) is 78.1 Å². The third-order valence-electron chi connectivity index (χ3n) is 5.37. The molecule has 1 atom stereocenters. The zero-order valence-electron chi connectivity index (χ0n) is 18.2. The largest absolute Gasteiger partial charge is 0.436 e. The van der Waals surface area contributed by atoms with Gasteiger partial charge in [-0.15, -0.1) is 0 Å². The zero-order valence-corrected chi connectivity index (χ0v) is 18.2. The highest BCUT2D eigenvalue weighted by atomic mass is 16.5. The van der Waals surface area contributed by atoms with E-state index in [1.807, 2.05) is 25.1 Å². The number of carbonyl (C=O) groups is 1. The van der Waals surface area contributed by atoms with Gasteiger partial charge in [-0.1, -0.05) is 30.3 Å². The summed E-state index contributed by atoms with van der Waals surface area (Å²) in [5, 5.41) is 3.07. The van der Waals surface area contributed by atoms with Gasteiger partial charge in [-0.2, -0.15) is 0 Å². The Balaban J connectivity index is 1.33. The van der Waals surface area contributed by atoms with Crippen LogP contribution in [0.25, 0.3) is 0 Å². The van der Waals surface area contributed by atoms with Crippen LogP contribution in [0.3, 0.4) is 0 Å². The van der Waals surface area contributed by atoms with E-state index in [2.05, 4.69) is 32.3 Å². The second kappa shape index (κ2) is 10.7. The van der Waals surface area contributed by atoms with Gasteiger partial charge >= 0.3 is 0 Å². The molecule has 0 aliphatic carbocycles. The summed E-state index contributed by atoms with van der Waals surface area (Å²) < 4.78 is 11.4. The quantitative estimate of drug-likeness (QED) is 0.583. The molecule has 2 aromatic carbocycles. The van der Waals surface area contributed by atoms with Crippen LogP contribution in [0.15, 0.2) is 67.0 Å². The molecular formula is C25H28N4O3. The van der Waals surface area contributed by atoms with Crippen LogP contribution < -0.4 is 15.0 Å². The van der Waals surface area contributed by atoms with Crippen LogP contribution in [0.1, 0.15) is 29.3 Å². The molecule has 2 heterocycles. The summed E-state index contributed by atoms with van der Waals surface area (Å²) in [5.41, 5.74) is 1.87. The van der Waals surface area contributed by atoms with Crippen molar-refractivity contribution in [3.8, 4) is 11.6 Å². The van der Waals surface area contributed by atoms with Crippen LogP contribution >= 0.6 is 0 Å². The van der Waals surface area contributed by atoms with E-state index >= 15 is 0 Å². The van der Waals surface area contributed by atoms with Gasteiger partial charge in [0.15, 0.2) is 5.82 Å². The van der Waals surface area contributed by atoms with E-state index in [9.17, 15) is 4.79 Å². The monoisotopic (exact) mass is 432 g/mol. The van der Waals surface area contributed by atoms with Crippen molar-refractivity contribution in [2.75, 3.05) is 31.2 Å². The standard InChI is InChI=1S/C25H28N4O3/c1-19(7-8-20-5-3-2-4-6-20)28-24(30)21-9-11-22(12-10-21)32-25-23(26-13-14-27-25)29-15-17-31-18-16-29/h2-6,9-14,19H,7-8,15-18H2,1H3,(H,28,30). The molecule has 1 aromatic heterocycles. The maximum atomic E-state index is 12.6. The number of hydrogen-bond donors (Lipinski definition) is 1. The number of amides is 1. The maximum absolute atomic E-state index is 12.6. The van der Waals surface area contributed by atoms with Crippen LogP contribution in [0.2, 0.25) is 0 Å². The van der Waals surface area contributed by atoms with E-state index in [-0.39, 0.29) is 11.9 Å². The van der Waals surface area contributed by atoms with Crippen LogP contribution in [-0.2, 0) is 11.2 Å². The summed E-state index contributed by atoms with van der Waals surface area (Å²) >= 11 is 0. The van der Waals surface area contributed by atoms with Crippen LogP contribution in [0, 0.1) is 0 Å². The lowest BCUT2D eigenvalue weighted by Gasteiger charge is -2.28. The Kier molecular flexibility index (Phi) is 7.30. The maximum Gasteiger partial charge on any atom is 0.263 e. The number of nitrogens with zero attached hydrogens (tertiary/aromatic N) is 3. The fourth-order valence-corrected chi connectivity index (χ4v) is 3.58. The molecule has 4 rings (SSSR count). The number of ether oxygens (including phenoxy) is 2. The number of carbonyl (C=O) groups excluding carboxylic acids is 1. The van der Waals surface area contributed by atoms with Gasteiger partial charge in [-0.3, -0.25) is 4.79 Å². The van der Waals surface area contributed by atoms with Gasteiger partial charge < -0.3 is 19.7 Å². The predicted molar refractivity (Wildman–Crippen MR) is 123 cm³/mol. The molecule has 166 valence electrons. The highest BCUT2D eigenvalue weighted by Gasteiger charge is 2.18. The Bertz CT molecular complexity index is 1010. The van der Waals surface area contributed by atoms with Gasteiger partial charge in [0.2, 0.25) is 0 Å². The van der Waals surface area contributed by atoms with Gasteiger partial charge in [0.25, 0.3) is 11.8 Å². The number of hydrogen-bond acceptors (Lipinski definition) is 6. The normalized spacial score (nSPS) is 14.6. The highest BCUT2D eigenvalue weighted by molar-refractivity contribution is 5.94. The molecule has 3 aromatic rings. The molecule has 7 heteroatoms. The lowest BCUT2D eigenvalue weighted by molar-refractivity contribution is 0.0938. The van der Waals surface area contributed by atoms with Crippen LogP contribution in [0.4, 0.5) is 5.82 Å². The summed E-state index contributed by atoms with van der Waals surface area (Å²) in [7, 11) is 0. The average molecular weight is 433 g/mol. The third kappa shape index (κ3) is 5.82. The summed E-state index contributed by atoms with van der Waals surface area (Å²) in [6.07, 6.45) is 5.08. The van der Waals surface area contributed by atoms with Crippen LogP contribution in [-0.4, -0.2) is 48.2 Å². The number of aryl methyl sites for hydroxylation is 1. The van der Waals surface area contributed by atoms with Crippen molar-refractivity contribution < 1.29 is 14.3 Å². The molecular weight excluding hydrogens is 404 g/mol. The third-order valence-corrected chi connectivity index (χ3v) is 5.37. The van der Waals surface area contributed by atoms with E-state index in [1.54, 1.807) is 36.7 Å². The molecule has 1 N–H and O–H groups in total. The van der Waals surface area contributed by atoms with Crippen LogP contribution in [0.5, 0.6) is 11.6 Å². The minimum atomic E-state index is -0.0920. The van der Waals surface area contributed by atoms with E-state index < -0.39 is 0 Å². The first-order chi connectivity index (χ1) is 15.7. The zero-order chi connectivity index (χ0) is 22.2. The van der Waals surface area contributed by atoms with E-state index in [0.29, 0.717) is 36.2 Å². The minimum Gasteiger partial charge on any atom is -0.436 e. The molecule has 1 saturated heterocycles. The second-order valence-corrected chi connectivity index (χ2v) is 7.81. The number of nitrogens with one attached hydrogen (secondary N) is 1. The number of benzene rings is 2. The molecule has 1 fully saturated rings. The number of anilines is 1. The fourth-order valence-electron chi connectivity index (χ4n) is 3.58. The summed E-state index contributed by atoms with van der Waals surface area (Å²) in [4.78, 5) is 23.5. The predicted octanol–water partition coefficient (Wildman–Crippen LogP) is 3.86. The van der Waals surface area contributed by atoms with Crippen molar-refractivity contribution in [1.29, 1.82) is 0 Å². The lowest BCUT2D eigenvalue weighted by atomic mass is 10.1. The average Bonchev–Trinajstić information content (AvgIpc) is 2.85. The second-order valence-electron chi connectivity index (χ2n) is 7.81. The molecule has 1 aliphatic rings. The van der Waals surface area contributed by atoms with Crippen molar-refractivity contribution in [3.63, 3.8) is 0 Å². The van der Waals surface area contributed by atoms with Crippen molar-refractivity contribution in [2.45, 2.75) is 25.8 Å². The number of rotatable bonds is 8. The number of morpholine rings is 1. The Hall–Kier alpha value is -3.45. The van der Waals surface area contributed by atoms with Gasteiger partial charge in [-0.25, -0.2) is 9.97 Å². The smallest absolute Gasteiger partial charge is 0.263 e. The molecule has 1 unspecified atom stereocenters. The minimum absolute atomic E-state index is 0.0781. The molecule has 0 bridgehead atoms. The van der Waals surface area contributed by atoms with Gasteiger partial charge in [0, 0.05) is 37.1 Å². The summed E-state index contributed by atoms with van der Waals surface area (Å²) in [6.45, 7) is 4.83. The van der Waals surface area contributed by atoms with Crippen molar-refractivity contribution in [1.82, 2.24) is 15.3 Å².